The van der Waals surface area contributed by atoms with E-state index in [1.807, 2.05) is 0 Å². The lowest BCUT2D eigenvalue weighted by Crippen LogP contribution is -2.30. The molecule has 1 aliphatic rings. The minimum Gasteiger partial charge on any atom is -0.372 e. The first-order valence-electron chi connectivity index (χ1n) is 4.84. The highest BCUT2D eigenvalue weighted by atomic mass is 79.9. The molecule has 1 atom stereocenters. The van der Waals surface area contributed by atoms with Crippen molar-refractivity contribution in [3.05, 3.63) is 28.7 Å². The molecule has 16 heavy (non-hydrogen) atoms. The van der Waals surface area contributed by atoms with Gasteiger partial charge in [0.1, 0.15) is 0 Å². The van der Waals surface area contributed by atoms with Crippen molar-refractivity contribution in [3.63, 3.8) is 0 Å². The van der Waals surface area contributed by atoms with Crippen LogP contribution in [0.2, 0.25) is 0 Å². The molecular weight excluding hydrogens is 294 g/mol. The number of hydrogen-bond acceptors (Lipinski definition) is 3. The molecule has 0 spiro atoms. The third-order valence-corrected chi connectivity index (χ3v) is 5.22. The van der Waals surface area contributed by atoms with Gasteiger partial charge in [0.15, 0.2) is 0 Å². The first kappa shape index (κ1) is 12.0. The molecule has 0 radical (unpaired) electrons. The van der Waals surface area contributed by atoms with E-state index >= 15 is 0 Å². The lowest BCUT2D eigenvalue weighted by atomic mass is 10.4. The van der Waals surface area contributed by atoms with E-state index in [1.54, 1.807) is 31.3 Å². The van der Waals surface area contributed by atoms with Gasteiger partial charge in [-0.25, -0.2) is 8.42 Å². The van der Waals surface area contributed by atoms with Crippen LogP contribution in [0.1, 0.15) is 0 Å². The lowest BCUT2D eigenvalue weighted by molar-refractivity contribution is 0.359. The Hall–Kier alpha value is -0.430. The molecular formula is C10H12BrNO3S. The normalized spacial score (nSPS) is 20.1. The van der Waals surface area contributed by atoms with E-state index in [2.05, 4.69) is 15.9 Å². The fourth-order valence-corrected chi connectivity index (χ4v) is 3.54. The standard InChI is InChI=1S/C10H12BrNO3S/c1-12(6-8-7-15-8)16(13,14)10-5-3-2-4-9(10)11/h2-5,8H,6-7H2,1H3/t8-/m0/s1. The van der Waals surface area contributed by atoms with Crippen molar-refractivity contribution in [2.24, 2.45) is 0 Å². The molecule has 0 N–H and O–H groups in total. The van der Waals surface area contributed by atoms with Gasteiger partial charge < -0.3 is 4.74 Å². The third kappa shape index (κ3) is 2.45. The van der Waals surface area contributed by atoms with Crippen molar-refractivity contribution in [2.45, 2.75) is 11.0 Å². The molecule has 0 unspecified atom stereocenters. The average molecular weight is 306 g/mol. The van der Waals surface area contributed by atoms with Crippen molar-refractivity contribution in [3.8, 4) is 0 Å². The third-order valence-electron chi connectivity index (χ3n) is 2.39. The van der Waals surface area contributed by atoms with Crippen LogP contribution < -0.4 is 0 Å². The van der Waals surface area contributed by atoms with E-state index in [0.29, 0.717) is 17.6 Å². The number of benzene rings is 1. The fraction of sp³-hybridized carbons (Fsp3) is 0.400. The number of sulfonamides is 1. The summed E-state index contributed by atoms with van der Waals surface area (Å²) in [5, 5.41) is 0. The maximum Gasteiger partial charge on any atom is 0.244 e. The zero-order valence-corrected chi connectivity index (χ0v) is 11.2. The van der Waals surface area contributed by atoms with Gasteiger partial charge in [0.25, 0.3) is 0 Å². The van der Waals surface area contributed by atoms with E-state index in [4.69, 9.17) is 4.74 Å². The Kier molecular flexibility index (Phi) is 3.34. The first-order valence-corrected chi connectivity index (χ1v) is 7.07. The summed E-state index contributed by atoms with van der Waals surface area (Å²) < 4.78 is 31.2. The maximum atomic E-state index is 12.2. The van der Waals surface area contributed by atoms with Crippen LogP contribution in [0.5, 0.6) is 0 Å². The zero-order valence-electron chi connectivity index (χ0n) is 8.76. The highest BCUT2D eigenvalue weighted by molar-refractivity contribution is 9.10. The van der Waals surface area contributed by atoms with Crippen LogP contribution in [0, 0.1) is 0 Å². The van der Waals surface area contributed by atoms with Crippen molar-refractivity contribution >= 4 is 26.0 Å². The van der Waals surface area contributed by atoms with Crippen LogP contribution in [0.15, 0.2) is 33.6 Å². The number of likely N-dealkylation sites (N-methyl/N-ethyl adjacent to an activating group) is 1. The molecule has 0 amide bonds. The summed E-state index contributed by atoms with van der Waals surface area (Å²) in [5.74, 6) is 0. The lowest BCUT2D eigenvalue weighted by Gasteiger charge is -2.16. The summed E-state index contributed by atoms with van der Waals surface area (Å²) in [7, 11) is -1.85. The molecule has 0 saturated carbocycles. The molecule has 1 aliphatic heterocycles. The second-order valence-electron chi connectivity index (χ2n) is 3.67. The van der Waals surface area contributed by atoms with Crippen LogP contribution in [0.25, 0.3) is 0 Å². The fourth-order valence-electron chi connectivity index (χ4n) is 1.38. The van der Waals surface area contributed by atoms with Gasteiger partial charge in [0.2, 0.25) is 10.0 Å². The largest absolute Gasteiger partial charge is 0.372 e. The Labute approximate surface area is 103 Å². The molecule has 1 saturated heterocycles. The Balaban J connectivity index is 2.27. The van der Waals surface area contributed by atoms with Gasteiger partial charge in [0.05, 0.1) is 17.6 Å². The second-order valence-corrected chi connectivity index (χ2v) is 6.54. The molecule has 4 nitrogen and oxygen atoms in total. The Morgan fingerprint density at radius 3 is 2.69 bits per heavy atom. The van der Waals surface area contributed by atoms with Crippen LogP contribution in [-0.4, -0.2) is 39.0 Å². The molecule has 0 aromatic heterocycles. The molecule has 1 heterocycles. The maximum absolute atomic E-state index is 12.2. The van der Waals surface area contributed by atoms with Gasteiger partial charge in [-0.3, -0.25) is 0 Å². The number of nitrogens with zero attached hydrogens (tertiary/aromatic N) is 1. The SMILES string of the molecule is CN(C[C@H]1CO1)S(=O)(=O)c1ccccc1Br. The summed E-state index contributed by atoms with van der Waals surface area (Å²) in [6.45, 7) is 1.06. The van der Waals surface area contributed by atoms with E-state index in [9.17, 15) is 8.42 Å². The van der Waals surface area contributed by atoms with Crippen molar-refractivity contribution in [2.75, 3.05) is 20.2 Å². The van der Waals surface area contributed by atoms with Crippen molar-refractivity contribution < 1.29 is 13.2 Å². The summed E-state index contributed by atoms with van der Waals surface area (Å²) in [4.78, 5) is 0.290. The summed E-state index contributed by atoms with van der Waals surface area (Å²) in [5.41, 5.74) is 0. The van der Waals surface area contributed by atoms with E-state index in [-0.39, 0.29) is 11.0 Å². The molecule has 0 bridgehead atoms. The molecule has 1 fully saturated rings. The van der Waals surface area contributed by atoms with Crippen LogP contribution >= 0.6 is 15.9 Å². The first-order chi connectivity index (χ1) is 7.51. The Bertz CT molecular complexity index is 485. The van der Waals surface area contributed by atoms with Crippen molar-refractivity contribution in [1.82, 2.24) is 4.31 Å². The average Bonchev–Trinajstić information content (AvgIpc) is 3.02. The monoisotopic (exact) mass is 305 g/mol. The van der Waals surface area contributed by atoms with Gasteiger partial charge in [-0.15, -0.1) is 0 Å². The molecule has 1 aromatic rings. The van der Waals surface area contributed by atoms with Gasteiger partial charge >= 0.3 is 0 Å². The van der Waals surface area contributed by atoms with E-state index < -0.39 is 10.0 Å². The van der Waals surface area contributed by atoms with Gasteiger partial charge in [0, 0.05) is 18.1 Å². The number of halogens is 1. The molecule has 1 aromatic carbocycles. The minimum atomic E-state index is -3.42. The zero-order chi connectivity index (χ0) is 11.8. The predicted molar refractivity (Wildman–Crippen MR) is 63.7 cm³/mol. The van der Waals surface area contributed by atoms with Gasteiger partial charge in [-0.05, 0) is 28.1 Å². The minimum absolute atomic E-state index is 0.0577. The number of rotatable bonds is 4. The van der Waals surface area contributed by atoms with Crippen molar-refractivity contribution in [1.29, 1.82) is 0 Å². The van der Waals surface area contributed by atoms with E-state index in [0.717, 1.165) is 0 Å². The van der Waals surface area contributed by atoms with Gasteiger partial charge in [-0.1, -0.05) is 12.1 Å². The molecule has 0 aliphatic carbocycles. The smallest absolute Gasteiger partial charge is 0.244 e. The number of epoxide rings is 1. The highest BCUT2D eigenvalue weighted by Gasteiger charge is 2.30. The Morgan fingerprint density at radius 2 is 2.12 bits per heavy atom. The van der Waals surface area contributed by atoms with E-state index in [1.165, 1.54) is 4.31 Å². The van der Waals surface area contributed by atoms with Crippen LogP contribution in [0.4, 0.5) is 0 Å². The summed E-state index contributed by atoms with van der Waals surface area (Å²) in [6.07, 6.45) is 0.0577. The topological polar surface area (TPSA) is 49.9 Å². The molecule has 2 rings (SSSR count). The molecule has 88 valence electrons. The van der Waals surface area contributed by atoms with Crippen LogP contribution in [-0.2, 0) is 14.8 Å². The number of hydrogen-bond donors (Lipinski definition) is 0. The quantitative estimate of drug-likeness (QED) is 0.792. The Morgan fingerprint density at radius 1 is 1.50 bits per heavy atom. The predicted octanol–water partition coefficient (Wildman–Crippen LogP) is 1.47. The highest BCUT2D eigenvalue weighted by Crippen LogP contribution is 2.25. The van der Waals surface area contributed by atoms with Gasteiger partial charge in [-0.2, -0.15) is 4.31 Å². The summed E-state index contributed by atoms with van der Waals surface area (Å²) in [6, 6.07) is 6.80. The second kappa shape index (κ2) is 4.44. The molecule has 6 heteroatoms. The number of ether oxygens (including phenoxy) is 1. The summed E-state index contributed by atoms with van der Waals surface area (Å²) >= 11 is 3.25. The van der Waals surface area contributed by atoms with Crippen LogP contribution in [0.3, 0.4) is 0 Å².